The lowest BCUT2D eigenvalue weighted by Gasteiger charge is -2.47. The van der Waals surface area contributed by atoms with Crippen LogP contribution >= 0.6 is 12.4 Å². The molecular formula is C16H27ClN2O2. The number of nitrogens with zero attached hydrogens (tertiary/aromatic N) is 1. The van der Waals surface area contributed by atoms with Crippen LogP contribution in [0.15, 0.2) is 0 Å². The second-order valence-electron chi connectivity index (χ2n) is 7.33. The van der Waals surface area contributed by atoms with E-state index in [0.29, 0.717) is 18.1 Å². The predicted octanol–water partition coefficient (Wildman–Crippen LogP) is 3.24. The van der Waals surface area contributed by atoms with E-state index < -0.39 is 0 Å². The van der Waals surface area contributed by atoms with Crippen LogP contribution in [0.5, 0.6) is 0 Å². The van der Waals surface area contributed by atoms with Gasteiger partial charge in [0, 0.05) is 43.9 Å². The minimum absolute atomic E-state index is 0. The zero-order valence-electron chi connectivity index (χ0n) is 12.7. The minimum atomic E-state index is -0.140. The van der Waals surface area contributed by atoms with Crippen LogP contribution in [0.1, 0.15) is 64.2 Å². The summed E-state index contributed by atoms with van der Waals surface area (Å²) in [6.45, 7) is 0.920. The van der Waals surface area contributed by atoms with E-state index in [0.717, 1.165) is 25.8 Å². The van der Waals surface area contributed by atoms with Crippen LogP contribution < -0.4 is 5.32 Å². The van der Waals surface area contributed by atoms with E-state index in [1.54, 1.807) is 0 Å². The standard InChI is InChI=1S/C16H26N2O2.ClH/c19-15-18(14-4-2-1-3-5-14)9-8-16(20-15)10-12-6-7-13(11-16)17-12;/h12-14,17H,1-11H2;1H. The first-order chi connectivity index (χ1) is 9.74. The van der Waals surface area contributed by atoms with Gasteiger partial charge in [-0.1, -0.05) is 19.3 Å². The van der Waals surface area contributed by atoms with Gasteiger partial charge in [0.05, 0.1) is 0 Å². The van der Waals surface area contributed by atoms with Crippen molar-refractivity contribution < 1.29 is 9.53 Å². The number of nitrogens with one attached hydrogen (secondary N) is 1. The van der Waals surface area contributed by atoms with E-state index >= 15 is 0 Å². The van der Waals surface area contributed by atoms with Crippen molar-refractivity contribution in [2.45, 2.75) is 87.9 Å². The number of carbonyl (C=O) groups excluding carboxylic acids is 1. The Kier molecular flexibility index (Phi) is 4.37. The molecule has 3 heterocycles. The van der Waals surface area contributed by atoms with E-state index in [9.17, 15) is 4.79 Å². The van der Waals surface area contributed by atoms with E-state index in [1.165, 1.54) is 44.9 Å². The van der Waals surface area contributed by atoms with Gasteiger partial charge in [-0.15, -0.1) is 12.4 Å². The molecule has 4 rings (SSSR count). The van der Waals surface area contributed by atoms with Gasteiger partial charge in [0.25, 0.3) is 0 Å². The Labute approximate surface area is 133 Å². The molecule has 3 aliphatic heterocycles. The fraction of sp³-hybridized carbons (Fsp3) is 0.938. The quantitative estimate of drug-likeness (QED) is 0.808. The Morgan fingerprint density at radius 2 is 1.71 bits per heavy atom. The molecule has 1 amide bonds. The Bertz CT molecular complexity index is 386. The van der Waals surface area contributed by atoms with Crippen molar-refractivity contribution in [2.75, 3.05) is 6.54 Å². The highest BCUT2D eigenvalue weighted by Gasteiger charge is 2.49. The van der Waals surface area contributed by atoms with Crippen LogP contribution in [0.2, 0.25) is 0 Å². The molecule has 0 aromatic carbocycles. The summed E-state index contributed by atoms with van der Waals surface area (Å²) in [4.78, 5) is 14.5. The maximum Gasteiger partial charge on any atom is 0.410 e. The van der Waals surface area contributed by atoms with Crippen LogP contribution in [0.3, 0.4) is 0 Å². The van der Waals surface area contributed by atoms with Crippen LogP contribution in [0.25, 0.3) is 0 Å². The molecule has 5 heteroatoms. The molecule has 0 aromatic heterocycles. The molecule has 1 spiro atoms. The van der Waals surface area contributed by atoms with Crippen LogP contribution in [0.4, 0.5) is 4.79 Å². The maximum absolute atomic E-state index is 12.5. The molecule has 2 bridgehead atoms. The average molecular weight is 315 g/mol. The van der Waals surface area contributed by atoms with Crippen molar-refractivity contribution in [3.05, 3.63) is 0 Å². The molecule has 4 nitrogen and oxygen atoms in total. The number of hydrogen-bond donors (Lipinski definition) is 1. The van der Waals surface area contributed by atoms with Crippen molar-refractivity contribution in [1.29, 1.82) is 0 Å². The largest absolute Gasteiger partial charge is 0.443 e. The molecule has 3 saturated heterocycles. The summed E-state index contributed by atoms with van der Waals surface area (Å²) >= 11 is 0. The van der Waals surface area contributed by atoms with Gasteiger partial charge in [-0.25, -0.2) is 4.79 Å². The SMILES string of the molecule is Cl.O=C1OC2(CCN1C1CCCCC1)CC1CCC(C2)N1. The number of rotatable bonds is 1. The Balaban J connectivity index is 0.00000132. The minimum Gasteiger partial charge on any atom is -0.443 e. The summed E-state index contributed by atoms with van der Waals surface area (Å²) < 4.78 is 6.01. The van der Waals surface area contributed by atoms with Crippen molar-refractivity contribution in [3.8, 4) is 0 Å². The lowest BCUT2D eigenvalue weighted by Crippen LogP contribution is -2.58. The van der Waals surface area contributed by atoms with Crippen LogP contribution in [-0.2, 0) is 4.74 Å². The van der Waals surface area contributed by atoms with Gasteiger partial charge >= 0.3 is 6.09 Å². The molecule has 1 aliphatic carbocycles. The van der Waals surface area contributed by atoms with Crippen LogP contribution in [0, 0.1) is 0 Å². The van der Waals surface area contributed by atoms with Gasteiger partial charge in [0.1, 0.15) is 5.60 Å². The van der Waals surface area contributed by atoms with Crippen LogP contribution in [-0.4, -0.2) is 41.3 Å². The third-order valence-corrected chi connectivity index (χ3v) is 5.93. The van der Waals surface area contributed by atoms with Gasteiger partial charge in [-0.2, -0.15) is 0 Å². The Hall–Kier alpha value is -0.480. The first-order valence-electron chi connectivity index (χ1n) is 8.50. The molecule has 2 unspecified atom stereocenters. The highest BCUT2D eigenvalue weighted by Crippen LogP contribution is 2.42. The van der Waals surface area contributed by atoms with E-state index in [4.69, 9.17) is 4.74 Å². The second kappa shape index (κ2) is 5.96. The third-order valence-electron chi connectivity index (χ3n) is 5.93. The summed E-state index contributed by atoms with van der Waals surface area (Å²) in [5.74, 6) is 0. The zero-order chi connectivity index (χ0) is 13.6. The maximum atomic E-state index is 12.5. The Morgan fingerprint density at radius 1 is 1.05 bits per heavy atom. The molecule has 0 aromatic rings. The molecule has 0 radical (unpaired) electrons. The lowest BCUT2D eigenvalue weighted by atomic mass is 9.83. The molecular weight excluding hydrogens is 288 g/mol. The summed E-state index contributed by atoms with van der Waals surface area (Å²) in [5.41, 5.74) is -0.140. The first kappa shape index (κ1) is 15.4. The number of hydrogen-bond acceptors (Lipinski definition) is 3. The van der Waals surface area contributed by atoms with E-state index in [2.05, 4.69) is 5.32 Å². The van der Waals surface area contributed by atoms with Crippen molar-refractivity contribution in [1.82, 2.24) is 10.2 Å². The summed E-state index contributed by atoms with van der Waals surface area (Å²) in [5, 5.41) is 3.65. The van der Waals surface area contributed by atoms with Gasteiger partial charge in [-0.3, -0.25) is 0 Å². The monoisotopic (exact) mass is 314 g/mol. The lowest BCUT2D eigenvalue weighted by molar-refractivity contribution is -0.0833. The molecule has 4 fully saturated rings. The van der Waals surface area contributed by atoms with Gasteiger partial charge in [0.2, 0.25) is 0 Å². The highest BCUT2D eigenvalue weighted by molar-refractivity contribution is 5.85. The van der Waals surface area contributed by atoms with Crippen molar-refractivity contribution >= 4 is 18.5 Å². The Morgan fingerprint density at radius 3 is 2.33 bits per heavy atom. The predicted molar refractivity (Wildman–Crippen MR) is 83.8 cm³/mol. The average Bonchev–Trinajstić information content (AvgIpc) is 2.80. The van der Waals surface area contributed by atoms with Gasteiger partial charge in [0.15, 0.2) is 0 Å². The first-order valence-corrected chi connectivity index (χ1v) is 8.50. The van der Waals surface area contributed by atoms with E-state index in [1.807, 2.05) is 4.90 Å². The smallest absolute Gasteiger partial charge is 0.410 e. The van der Waals surface area contributed by atoms with E-state index in [-0.39, 0.29) is 24.1 Å². The number of amides is 1. The molecule has 120 valence electrons. The summed E-state index contributed by atoms with van der Waals surface area (Å²) in [6.07, 6.45) is 11.8. The normalized spacial score (nSPS) is 40.0. The molecule has 2 atom stereocenters. The number of carbonyl (C=O) groups is 1. The fourth-order valence-electron chi connectivity index (χ4n) is 4.93. The molecule has 1 saturated carbocycles. The third kappa shape index (κ3) is 2.89. The number of fused-ring (bicyclic) bond motifs is 2. The van der Waals surface area contributed by atoms with Gasteiger partial charge < -0.3 is 15.0 Å². The number of piperidine rings is 1. The number of halogens is 1. The summed E-state index contributed by atoms with van der Waals surface area (Å²) in [7, 11) is 0. The fourth-order valence-corrected chi connectivity index (χ4v) is 4.93. The topological polar surface area (TPSA) is 41.6 Å². The summed E-state index contributed by atoms with van der Waals surface area (Å²) in [6, 6.07) is 1.62. The van der Waals surface area contributed by atoms with Crippen molar-refractivity contribution in [2.24, 2.45) is 0 Å². The zero-order valence-corrected chi connectivity index (χ0v) is 13.5. The second-order valence-corrected chi connectivity index (χ2v) is 7.33. The molecule has 21 heavy (non-hydrogen) atoms. The molecule has 1 N–H and O–H groups in total. The number of ether oxygens (including phenoxy) is 1. The van der Waals surface area contributed by atoms with Gasteiger partial charge in [-0.05, 0) is 25.7 Å². The van der Waals surface area contributed by atoms with Crippen molar-refractivity contribution in [3.63, 3.8) is 0 Å². The molecule has 4 aliphatic rings. The highest BCUT2D eigenvalue weighted by atomic mass is 35.5.